The lowest BCUT2D eigenvalue weighted by Crippen LogP contribution is -2.43. The van der Waals surface area contributed by atoms with Gasteiger partial charge in [0.1, 0.15) is 11.6 Å². The lowest BCUT2D eigenvalue weighted by atomic mass is 10.2. The van der Waals surface area contributed by atoms with Gasteiger partial charge in [0.15, 0.2) is 15.8 Å². The first kappa shape index (κ1) is 21.6. The van der Waals surface area contributed by atoms with Crippen LogP contribution in [0.25, 0.3) is 5.69 Å². The van der Waals surface area contributed by atoms with E-state index in [4.69, 9.17) is 0 Å². The molecule has 0 amide bonds. The van der Waals surface area contributed by atoms with Crippen LogP contribution in [0.5, 0.6) is 0 Å². The highest BCUT2D eigenvalue weighted by Gasteiger charge is 2.28. The minimum Gasteiger partial charge on any atom is -0.353 e. The van der Waals surface area contributed by atoms with Gasteiger partial charge in [-0.3, -0.25) is 4.99 Å². The Morgan fingerprint density at radius 3 is 2.78 bits per heavy atom. The van der Waals surface area contributed by atoms with Crippen LogP contribution in [-0.2, 0) is 16.4 Å². The molecule has 1 aliphatic rings. The van der Waals surface area contributed by atoms with E-state index in [1.54, 1.807) is 30.1 Å². The molecule has 2 N–H and O–H groups in total. The molecule has 1 saturated heterocycles. The number of imidazole rings is 1. The Kier molecular flexibility index (Phi) is 7.20. The molecule has 0 bridgehead atoms. The van der Waals surface area contributed by atoms with Crippen molar-refractivity contribution in [2.45, 2.75) is 25.9 Å². The van der Waals surface area contributed by atoms with Gasteiger partial charge >= 0.3 is 0 Å². The summed E-state index contributed by atoms with van der Waals surface area (Å²) in [5, 5.41) is 6.19. The van der Waals surface area contributed by atoms with E-state index in [0.29, 0.717) is 30.4 Å². The molecule has 1 aliphatic heterocycles. The lowest BCUT2D eigenvalue weighted by Gasteiger charge is -2.16. The number of aromatic nitrogens is 2. The zero-order chi connectivity index (χ0) is 18.7. The van der Waals surface area contributed by atoms with Gasteiger partial charge in [-0.05, 0) is 31.0 Å². The summed E-state index contributed by atoms with van der Waals surface area (Å²) in [6.45, 7) is 2.19. The van der Waals surface area contributed by atoms with Crippen LogP contribution in [-0.4, -0.2) is 48.5 Å². The standard InChI is InChI=1S/C17H22FN5O2S.HI/c1-12-20-6-7-23(12)16-4-3-13(9-15(16)18)10-21-17(19-2)22-14-5-8-26(24,25)11-14;/h3-4,6-7,9,14H,5,8,10-11H2,1-2H3,(H2,19,21,22);1H. The van der Waals surface area contributed by atoms with E-state index < -0.39 is 9.84 Å². The number of benzene rings is 1. The second-order valence-corrected chi connectivity index (χ2v) is 8.53. The predicted octanol–water partition coefficient (Wildman–Crippen LogP) is 1.79. The smallest absolute Gasteiger partial charge is 0.191 e. The average Bonchev–Trinajstić information content (AvgIpc) is 3.16. The molecule has 0 saturated carbocycles. The van der Waals surface area contributed by atoms with Crippen LogP contribution < -0.4 is 10.6 Å². The van der Waals surface area contributed by atoms with Crippen LogP contribution in [0.1, 0.15) is 17.8 Å². The van der Waals surface area contributed by atoms with Crippen molar-refractivity contribution < 1.29 is 12.8 Å². The summed E-state index contributed by atoms with van der Waals surface area (Å²) in [4.78, 5) is 8.20. The van der Waals surface area contributed by atoms with Gasteiger partial charge in [-0.25, -0.2) is 17.8 Å². The topological polar surface area (TPSA) is 88.4 Å². The number of hydrogen-bond donors (Lipinski definition) is 2. The van der Waals surface area contributed by atoms with Gasteiger partial charge in [0.2, 0.25) is 0 Å². The largest absolute Gasteiger partial charge is 0.353 e. The summed E-state index contributed by atoms with van der Waals surface area (Å²) in [5.74, 6) is 1.19. The normalized spacial score (nSPS) is 18.8. The van der Waals surface area contributed by atoms with Gasteiger partial charge in [-0.15, -0.1) is 24.0 Å². The summed E-state index contributed by atoms with van der Waals surface area (Å²) >= 11 is 0. The highest BCUT2D eigenvalue weighted by atomic mass is 127. The zero-order valence-corrected chi connectivity index (χ0v) is 18.3. The van der Waals surface area contributed by atoms with Crippen LogP contribution in [0.4, 0.5) is 4.39 Å². The molecule has 10 heteroatoms. The summed E-state index contributed by atoms with van der Waals surface area (Å²) < 4.78 is 39.2. The van der Waals surface area contributed by atoms with Gasteiger partial charge in [-0.2, -0.15) is 0 Å². The van der Waals surface area contributed by atoms with Gasteiger partial charge in [0, 0.05) is 32.0 Å². The highest BCUT2D eigenvalue weighted by molar-refractivity contribution is 14.0. The number of aliphatic imine (C=N–C) groups is 1. The van der Waals surface area contributed by atoms with Gasteiger partial charge in [0.05, 0.1) is 17.2 Å². The minimum absolute atomic E-state index is 0. The lowest BCUT2D eigenvalue weighted by molar-refractivity contribution is 0.599. The third-order valence-corrected chi connectivity index (χ3v) is 6.12. The highest BCUT2D eigenvalue weighted by Crippen LogP contribution is 2.17. The van der Waals surface area contributed by atoms with E-state index in [1.165, 1.54) is 6.07 Å². The molecule has 2 aromatic rings. The van der Waals surface area contributed by atoms with Crippen molar-refractivity contribution >= 4 is 39.8 Å². The van der Waals surface area contributed by atoms with Crippen molar-refractivity contribution in [3.8, 4) is 5.69 Å². The minimum atomic E-state index is -2.95. The SMILES string of the molecule is CN=C(NCc1ccc(-n2ccnc2C)c(F)c1)NC1CCS(=O)(=O)C1.I. The van der Waals surface area contributed by atoms with Gasteiger partial charge in [0.25, 0.3) is 0 Å². The van der Waals surface area contributed by atoms with E-state index in [9.17, 15) is 12.8 Å². The van der Waals surface area contributed by atoms with E-state index in [-0.39, 0.29) is 47.3 Å². The molecule has 1 aromatic heterocycles. The summed E-state index contributed by atoms with van der Waals surface area (Å²) in [7, 11) is -1.34. The molecule has 1 aromatic carbocycles. The molecule has 0 spiro atoms. The van der Waals surface area contributed by atoms with E-state index in [0.717, 1.165) is 5.56 Å². The molecule has 7 nitrogen and oxygen atoms in total. The van der Waals surface area contributed by atoms with E-state index >= 15 is 0 Å². The molecule has 1 unspecified atom stereocenters. The number of halogens is 2. The number of hydrogen-bond acceptors (Lipinski definition) is 4. The second kappa shape index (κ2) is 9.00. The number of rotatable bonds is 4. The van der Waals surface area contributed by atoms with Crippen molar-refractivity contribution in [3.05, 3.63) is 47.8 Å². The molecular weight excluding hydrogens is 484 g/mol. The first-order chi connectivity index (χ1) is 12.4. The van der Waals surface area contributed by atoms with Crippen molar-refractivity contribution in [2.75, 3.05) is 18.6 Å². The Morgan fingerprint density at radius 1 is 1.44 bits per heavy atom. The number of sulfone groups is 1. The molecule has 1 atom stereocenters. The molecule has 0 aliphatic carbocycles. The number of guanidine groups is 1. The van der Waals surface area contributed by atoms with Crippen molar-refractivity contribution in [2.24, 2.45) is 4.99 Å². The third kappa shape index (κ3) is 5.41. The molecular formula is C17H23FIN5O2S. The summed E-state index contributed by atoms with van der Waals surface area (Å²) in [6.07, 6.45) is 3.91. The third-order valence-electron chi connectivity index (χ3n) is 4.35. The Hall–Kier alpha value is -1.69. The van der Waals surface area contributed by atoms with Crippen molar-refractivity contribution in [1.82, 2.24) is 20.2 Å². The maximum Gasteiger partial charge on any atom is 0.191 e. The first-order valence-corrected chi connectivity index (χ1v) is 10.2. The quantitative estimate of drug-likeness (QED) is 0.375. The average molecular weight is 507 g/mol. The second-order valence-electron chi connectivity index (χ2n) is 6.30. The van der Waals surface area contributed by atoms with Crippen LogP contribution in [0.15, 0.2) is 35.6 Å². The monoisotopic (exact) mass is 507 g/mol. The van der Waals surface area contributed by atoms with Crippen LogP contribution >= 0.6 is 24.0 Å². The first-order valence-electron chi connectivity index (χ1n) is 8.34. The molecule has 3 rings (SSSR count). The predicted molar refractivity (Wildman–Crippen MR) is 114 cm³/mol. The van der Waals surface area contributed by atoms with E-state index in [1.807, 2.05) is 13.0 Å². The summed E-state index contributed by atoms with van der Waals surface area (Å²) in [6, 6.07) is 4.86. The molecule has 1 fully saturated rings. The maximum absolute atomic E-state index is 14.4. The Labute approximate surface area is 175 Å². The molecule has 2 heterocycles. The van der Waals surface area contributed by atoms with Crippen LogP contribution in [0.3, 0.4) is 0 Å². The van der Waals surface area contributed by atoms with Gasteiger partial charge in [-0.1, -0.05) is 6.07 Å². The Morgan fingerprint density at radius 2 is 2.22 bits per heavy atom. The van der Waals surface area contributed by atoms with Crippen LogP contribution in [0, 0.1) is 12.7 Å². The van der Waals surface area contributed by atoms with Crippen molar-refractivity contribution in [1.29, 1.82) is 0 Å². The molecule has 0 radical (unpaired) electrons. The number of nitrogens with one attached hydrogen (secondary N) is 2. The summed E-state index contributed by atoms with van der Waals surface area (Å²) in [5.41, 5.74) is 1.20. The maximum atomic E-state index is 14.4. The van der Waals surface area contributed by atoms with Crippen molar-refractivity contribution in [3.63, 3.8) is 0 Å². The van der Waals surface area contributed by atoms with E-state index in [2.05, 4.69) is 20.6 Å². The van der Waals surface area contributed by atoms with Crippen LogP contribution in [0.2, 0.25) is 0 Å². The fourth-order valence-corrected chi connectivity index (χ4v) is 4.64. The zero-order valence-electron chi connectivity index (χ0n) is 15.1. The Balaban J connectivity index is 0.00000261. The Bertz CT molecular complexity index is 929. The molecule has 27 heavy (non-hydrogen) atoms. The number of aryl methyl sites for hydroxylation is 1. The fraction of sp³-hybridized carbons (Fsp3) is 0.412. The van der Waals surface area contributed by atoms with Gasteiger partial charge < -0.3 is 15.2 Å². The molecule has 148 valence electrons. The fourth-order valence-electron chi connectivity index (χ4n) is 2.97. The number of nitrogens with zero attached hydrogens (tertiary/aromatic N) is 3.